The standard InChI is InChI=1S/C29H27N3O3/c1-35-29(34)26-17-25-24(30-20-31(25)18-21-11-5-2-6-12-21)19-32(26)28(33)27(22-13-7-3-8-14-22)23-15-9-4-10-16-23/h2-16,20,26-27H,17-19H2,1H3. The maximum atomic E-state index is 14.1. The molecule has 0 bridgehead atoms. The highest BCUT2D eigenvalue weighted by atomic mass is 16.5. The summed E-state index contributed by atoms with van der Waals surface area (Å²) < 4.78 is 7.21. The molecule has 1 amide bonds. The zero-order chi connectivity index (χ0) is 24.2. The Morgan fingerprint density at radius 3 is 2.06 bits per heavy atom. The number of ether oxygens (including phenoxy) is 1. The molecule has 1 unspecified atom stereocenters. The second-order valence-corrected chi connectivity index (χ2v) is 8.72. The van der Waals surface area contributed by atoms with Gasteiger partial charge in [0.15, 0.2) is 0 Å². The van der Waals surface area contributed by atoms with E-state index in [0.29, 0.717) is 13.0 Å². The fourth-order valence-electron chi connectivity index (χ4n) is 4.81. The van der Waals surface area contributed by atoms with Gasteiger partial charge in [-0.25, -0.2) is 9.78 Å². The Balaban J connectivity index is 1.51. The van der Waals surface area contributed by atoms with Crippen molar-refractivity contribution in [2.75, 3.05) is 7.11 Å². The summed E-state index contributed by atoms with van der Waals surface area (Å²) in [7, 11) is 1.37. The van der Waals surface area contributed by atoms with Crippen LogP contribution in [0.3, 0.4) is 0 Å². The number of fused-ring (bicyclic) bond motifs is 1. The first-order chi connectivity index (χ1) is 17.2. The number of esters is 1. The Labute approximate surface area is 204 Å². The fraction of sp³-hybridized carbons (Fsp3) is 0.207. The predicted molar refractivity (Wildman–Crippen MR) is 133 cm³/mol. The van der Waals surface area contributed by atoms with Crippen LogP contribution in [0.5, 0.6) is 0 Å². The predicted octanol–water partition coefficient (Wildman–Crippen LogP) is 4.19. The first-order valence-electron chi connectivity index (χ1n) is 11.7. The number of amides is 1. The summed E-state index contributed by atoms with van der Waals surface area (Å²) in [5.74, 6) is -1.09. The number of nitrogens with zero attached hydrogens (tertiary/aromatic N) is 3. The molecule has 1 aliphatic heterocycles. The number of carbonyl (C=O) groups excluding carboxylic acids is 2. The number of benzene rings is 3. The van der Waals surface area contributed by atoms with Gasteiger partial charge in [0.25, 0.3) is 0 Å². The third-order valence-corrected chi connectivity index (χ3v) is 6.58. The minimum Gasteiger partial charge on any atom is -0.467 e. The van der Waals surface area contributed by atoms with Crippen molar-refractivity contribution < 1.29 is 14.3 Å². The number of aromatic nitrogens is 2. The van der Waals surface area contributed by atoms with Crippen LogP contribution in [0.1, 0.15) is 34.0 Å². The lowest BCUT2D eigenvalue weighted by molar-refractivity contribution is -0.154. The van der Waals surface area contributed by atoms with E-state index in [4.69, 9.17) is 4.74 Å². The monoisotopic (exact) mass is 465 g/mol. The quantitative estimate of drug-likeness (QED) is 0.401. The summed E-state index contributed by atoms with van der Waals surface area (Å²) in [5, 5.41) is 0. The zero-order valence-electron chi connectivity index (χ0n) is 19.6. The highest BCUT2D eigenvalue weighted by Gasteiger charge is 2.40. The number of hydrogen-bond donors (Lipinski definition) is 0. The first-order valence-corrected chi connectivity index (χ1v) is 11.7. The molecule has 5 rings (SSSR count). The van der Waals surface area contributed by atoms with E-state index in [-0.39, 0.29) is 12.5 Å². The van der Waals surface area contributed by atoms with Gasteiger partial charge < -0.3 is 14.2 Å². The third kappa shape index (κ3) is 4.60. The zero-order valence-corrected chi connectivity index (χ0v) is 19.6. The van der Waals surface area contributed by atoms with Crippen molar-refractivity contribution in [2.45, 2.75) is 31.5 Å². The van der Waals surface area contributed by atoms with Crippen molar-refractivity contribution in [1.29, 1.82) is 0 Å². The van der Waals surface area contributed by atoms with Crippen molar-refractivity contribution >= 4 is 11.9 Å². The van der Waals surface area contributed by atoms with Gasteiger partial charge in [0.05, 0.1) is 31.6 Å². The first kappa shape index (κ1) is 22.6. The van der Waals surface area contributed by atoms with E-state index < -0.39 is 17.9 Å². The van der Waals surface area contributed by atoms with Crippen LogP contribution in [0, 0.1) is 0 Å². The minimum atomic E-state index is -0.721. The van der Waals surface area contributed by atoms with Crippen LogP contribution in [0.15, 0.2) is 97.3 Å². The molecule has 1 aromatic heterocycles. The summed E-state index contributed by atoms with van der Waals surface area (Å²) in [6.45, 7) is 0.910. The number of methoxy groups -OCH3 is 1. The summed E-state index contributed by atoms with van der Waals surface area (Å²) in [5.41, 5.74) is 4.69. The smallest absolute Gasteiger partial charge is 0.328 e. The molecule has 2 heterocycles. The van der Waals surface area contributed by atoms with E-state index in [2.05, 4.69) is 21.7 Å². The normalized spacial score (nSPS) is 15.0. The molecule has 0 spiro atoms. The molecule has 0 aliphatic carbocycles. The van der Waals surface area contributed by atoms with Crippen molar-refractivity contribution in [3.8, 4) is 0 Å². The molecule has 176 valence electrons. The van der Waals surface area contributed by atoms with Crippen molar-refractivity contribution in [3.63, 3.8) is 0 Å². The largest absolute Gasteiger partial charge is 0.467 e. The van der Waals surface area contributed by atoms with E-state index in [0.717, 1.165) is 28.1 Å². The maximum absolute atomic E-state index is 14.1. The van der Waals surface area contributed by atoms with E-state index in [9.17, 15) is 9.59 Å². The Morgan fingerprint density at radius 1 is 0.914 bits per heavy atom. The molecule has 35 heavy (non-hydrogen) atoms. The highest BCUT2D eigenvalue weighted by molar-refractivity contribution is 5.91. The van der Waals surface area contributed by atoms with Crippen molar-refractivity contribution in [3.05, 3.63) is 125 Å². The molecule has 0 N–H and O–H groups in total. The fourth-order valence-corrected chi connectivity index (χ4v) is 4.81. The molecular formula is C29H27N3O3. The van der Waals surface area contributed by atoms with Gasteiger partial charge in [-0.15, -0.1) is 0 Å². The Bertz CT molecular complexity index is 1260. The van der Waals surface area contributed by atoms with Crippen LogP contribution < -0.4 is 0 Å². The van der Waals surface area contributed by atoms with Gasteiger partial charge in [-0.2, -0.15) is 0 Å². The molecule has 6 heteroatoms. The van der Waals surface area contributed by atoms with Gasteiger partial charge in [-0.05, 0) is 16.7 Å². The molecule has 0 saturated carbocycles. The Morgan fingerprint density at radius 2 is 1.49 bits per heavy atom. The second kappa shape index (κ2) is 9.97. The molecule has 6 nitrogen and oxygen atoms in total. The molecule has 0 saturated heterocycles. The van der Waals surface area contributed by atoms with E-state index >= 15 is 0 Å². The van der Waals surface area contributed by atoms with Gasteiger partial charge >= 0.3 is 5.97 Å². The topological polar surface area (TPSA) is 64.4 Å². The summed E-state index contributed by atoms with van der Waals surface area (Å²) in [4.78, 5) is 33.3. The Hall–Kier alpha value is -4.19. The van der Waals surface area contributed by atoms with Crippen molar-refractivity contribution in [1.82, 2.24) is 14.5 Å². The van der Waals surface area contributed by atoms with E-state index in [1.54, 1.807) is 11.2 Å². The van der Waals surface area contributed by atoms with Crippen LogP contribution in [-0.2, 0) is 33.8 Å². The number of rotatable bonds is 6. The highest BCUT2D eigenvalue weighted by Crippen LogP contribution is 2.32. The lowest BCUT2D eigenvalue weighted by atomic mass is 9.88. The molecule has 0 fully saturated rings. The lowest BCUT2D eigenvalue weighted by Crippen LogP contribution is -2.51. The Kier molecular flexibility index (Phi) is 6.44. The van der Waals surface area contributed by atoms with Gasteiger partial charge in [0, 0.05) is 18.7 Å². The number of carbonyl (C=O) groups is 2. The average Bonchev–Trinajstić information content (AvgIpc) is 3.31. The molecule has 0 radical (unpaired) electrons. The van der Waals surface area contributed by atoms with Crippen LogP contribution >= 0.6 is 0 Å². The molecule has 4 aromatic rings. The van der Waals surface area contributed by atoms with E-state index in [1.807, 2.05) is 78.9 Å². The minimum absolute atomic E-state index is 0.138. The van der Waals surface area contributed by atoms with Gasteiger partial charge in [-0.1, -0.05) is 91.0 Å². The van der Waals surface area contributed by atoms with Crippen LogP contribution in [0.4, 0.5) is 0 Å². The molecule has 1 aliphatic rings. The van der Waals surface area contributed by atoms with Crippen LogP contribution in [0.2, 0.25) is 0 Å². The van der Waals surface area contributed by atoms with Gasteiger partial charge in [0.1, 0.15) is 6.04 Å². The summed E-state index contributed by atoms with van der Waals surface area (Å²) >= 11 is 0. The number of imidazole rings is 1. The summed E-state index contributed by atoms with van der Waals surface area (Å²) in [6.07, 6.45) is 2.16. The average molecular weight is 466 g/mol. The summed E-state index contributed by atoms with van der Waals surface area (Å²) in [6, 6.07) is 28.8. The lowest BCUT2D eigenvalue weighted by Gasteiger charge is -2.36. The molecular weight excluding hydrogens is 438 g/mol. The van der Waals surface area contributed by atoms with Crippen LogP contribution in [0.25, 0.3) is 0 Å². The van der Waals surface area contributed by atoms with E-state index in [1.165, 1.54) is 7.11 Å². The third-order valence-electron chi connectivity index (χ3n) is 6.58. The second-order valence-electron chi connectivity index (χ2n) is 8.72. The van der Waals surface area contributed by atoms with Crippen molar-refractivity contribution in [2.24, 2.45) is 0 Å². The SMILES string of the molecule is COC(=O)C1Cc2c(ncn2Cc2ccccc2)CN1C(=O)C(c1ccccc1)c1ccccc1. The number of hydrogen-bond acceptors (Lipinski definition) is 4. The molecule has 3 aromatic carbocycles. The van der Waals surface area contributed by atoms with Gasteiger partial charge in [0.2, 0.25) is 5.91 Å². The van der Waals surface area contributed by atoms with Gasteiger partial charge in [-0.3, -0.25) is 4.79 Å². The van der Waals surface area contributed by atoms with Crippen LogP contribution in [-0.4, -0.2) is 39.5 Å². The molecule has 1 atom stereocenters. The maximum Gasteiger partial charge on any atom is 0.328 e.